The Bertz CT molecular complexity index is 466. The van der Waals surface area contributed by atoms with Crippen molar-refractivity contribution in [1.82, 2.24) is 4.98 Å². The first-order valence-electron chi connectivity index (χ1n) is 5.90. The Labute approximate surface area is 101 Å². The van der Waals surface area contributed by atoms with Gasteiger partial charge in [-0.05, 0) is 18.6 Å². The van der Waals surface area contributed by atoms with Crippen LogP contribution in [0.15, 0.2) is 18.0 Å². The lowest BCUT2D eigenvalue weighted by molar-refractivity contribution is 0.341. The summed E-state index contributed by atoms with van der Waals surface area (Å²) < 4.78 is 14.3. The molecule has 2 heterocycles. The van der Waals surface area contributed by atoms with Gasteiger partial charge in [0.25, 0.3) is 0 Å². The van der Waals surface area contributed by atoms with E-state index in [0.717, 1.165) is 12.8 Å². The average molecular weight is 235 g/mol. The van der Waals surface area contributed by atoms with E-state index in [4.69, 9.17) is 5.73 Å². The fourth-order valence-electron chi connectivity index (χ4n) is 2.30. The lowest BCUT2D eigenvalue weighted by atomic mass is 9.82. The van der Waals surface area contributed by atoms with E-state index < -0.39 is 0 Å². The molecule has 0 saturated carbocycles. The molecule has 0 saturated heterocycles. The van der Waals surface area contributed by atoms with Gasteiger partial charge in [-0.3, -0.25) is 4.98 Å². The van der Waals surface area contributed by atoms with Crippen LogP contribution in [0.3, 0.4) is 0 Å². The van der Waals surface area contributed by atoms with Crippen LogP contribution < -0.4 is 10.9 Å². The molecule has 0 amide bonds. The zero-order chi connectivity index (χ0) is 12.6. The molecule has 1 aromatic heterocycles. The smallest absolute Gasteiger partial charge is 0.101 e. The first kappa shape index (κ1) is 11.9. The lowest BCUT2D eigenvalue weighted by Gasteiger charge is -2.34. The molecule has 0 fully saturated rings. The van der Waals surface area contributed by atoms with E-state index in [0.29, 0.717) is 27.9 Å². The number of nitrogens with zero attached hydrogens (tertiary/aromatic N) is 2. The molecule has 0 spiro atoms. The quantitative estimate of drug-likeness (QED) is 0.815. The van der Waals surface area contributed by atoms with Crippen molar-refractivity contribution in [3.8, 4) is 0 Å². The molecule has 0 atom stereocenters. The second-order valence-corrected chi connectivity index (χ2v) is 5.07. The third-order valence-corrected chi connectivity index (χ3v) is 3.26. The fourth-order valence-corrected chi connectivity index (χ4v) is 2.30. The van der Waals surface area contributed by atoms with Gasteiger partial charge < -0.3 is 5.73 Å². The number of aromatic nitrogens is 1. The van der Waals surface area contributed by atoms with Crippen LogP contribution in [-0.2, 0) is 0 Å². The van der Waals surface area contributed by atoms with Crippen molar-refractivity contribution in [1.29, 1.82) is 0 Å². The highest BCUT2D eigenvalue weighted by Crippen LogP contribution is 2.43. The molecule has 92 valence electrons. The highest BCUT2D eigenvalue weighted by Gasteiger charge is 2.32. The summed E-state index contributed by atoms with van der Waals surface area (Å²) in [5, 5.41) is 0.694. The molecule has 1 aliphatic rings. The van der Waals surface area contributed by atoms with E-state index in [1.165, 1.54) is 0 Å². The summed E-state index contributed by atoms with van der Waals surface area (Å²) in [7, 11) is 0. The Hall–Kier alpha value is -1.58. The molecule has 2 bridgehead atoms. The van der Waals surface area contributed by atoms with Crippen molar-refractivity contribution in [3.05, 3.63) is 23.7 Å². The number of nitrogen functional groups attached to an aromatic ring is 1. The van der Waals surface area contributed by atoms with E-state index in [-0.39, 0.29) is 5.41 Å². The van der Waals surface area contributed by atoms with Gasteiger partial charge in [-0.1, -0.05) is 31.7 Å². The molecule has 0 aliphatic carbocycles. The maximum atomic E-state index is 14.3. The Morgan fingerprint density at radius 3 is 2.82 bits per heavy atom. The summed E-state index contributed by atoms with van der Waals surface area (Å²) in [5.74, 6) is 0. The van der Waals surface area contributed by atoms with Crippen LogP contribution in [0, 0.1) is 5.41 Å². The number of fused-ring (bicyclic) bond motifs is 2. The van der Waals surface area contributed by atoms with Gasteiger partial charge in [0.15, 0.2) is 0 Å². The number of nitrogens with two attached hydrogens (primary N) is 1. The minimum atomic E-state index is -0.221. The summed E-state index contributed by atoms with van der Waals surface area (Å²) >= 11 is 0. The molecule has 4 heteroatoms. The van der Waals surface area contributed by atoms with Crippen molar-refractivity contribution in [2.24, 2.45) is 5.41 Å². The van der Waals surface area contributed by atoms with Gasteiger partial charge in [0.05, 0.1) is 17.1 Å². The van der Waals surface area contributed by atoms with Crippen LogP contribution in [0.5, 0.6) is 0 Å². The third-order valence-electron chi connectivity index (χ3n) is 3.26. The Morgan fingerprint density at radius 1 is 1.47 bits per heavy atom. The Kier molecular flexibility index (Phi) is 2.81. The predicted molar refractivity (Wildman–Crippen MR) is 68.9 cm³/mol. The second kappa shape index (κ2) is 4.02. The first-order valence-corrected chi connectivity index (χ1v) is 5.90. The minimum Gasteiger partial charge on any atom is -0.395 e. The van der Waals surface area contributed by atoms with E-state index in [1.54, 1.807) is 18.3 Å². The van der Waals surface area contributed by atoms with Gasteiger partial charge in [-0.25, -0.2) is 0 Å². The van der Waals surface area contributed by atoms with Gasteiger partial charge >= 0.3 is 0 Å². The van der Waals surface area contributed by atoms with Crippen molar-refractivity contribution in [3.63, 3.8) is 0 Å². The van der Waals surface area contributed by atoms with Crippen molar-refractivity contribution >= 4 is 17.5 Å². The monoisotopic (exact) mass is 235 g/mol. The Balaban J connectivity index is 2.47. The SMILES string of the molecule is CCCC(C)(C)C1=Cc2nccc(c2N)N1F. The second-order valence-electron chi connectivity index (χ2n) is 5.07. The molecule has 0 aromatic carbocycles. The number of hydrogen-bond donors (Lipinski definition) is 1. The molecule has 1 aromatic rings. The lowest BCUT2D eigenvalue weighted by Crippen LogP contribution is -2.29. The minimum absolute atomic E-state index is 0.221. The number of hydrogen-bond acceptors (Lipinski definition) is 3. The number of allylic oxidation sites excluding steroid dienone is 1. The van der Waals surface area contributed by atoms with Gasteiger partial charge in [0.1, 0.15) is 5.69 Å². The molecule has 17 heavy (non-hydrogen) atoms. The van der Waals surface area contributed by atoms with Crippen LogP contribution in [0.2, 0.25) is 0 Å². The molecular weight excluding hydrogens is 217 g/mol. The maximum Gasteiger partial charge on any atom is 0.101 e. The highest BCUT2D eigenvalue weighted by atomic mass is 19.2. The topological polar surface area (TPSA) is 42.1 Å². The van der Waals surface area contributed by atoms with E-state index in [1.807, 2.05) is 13.8 Å². The van der Waals surface area contributed by atoms with Gasteiger partial charge in [-0.2, -0.15) is 5.12 Å². The van der Waals surface area contributed by atoms with E-state index >= 15 is 0 Å². The van der Waals surface area contributed by atoms with Crippen LogP contribution in [-0.4, -0.2) is 4.98 Å². The fraction of sp³-hybridized carbons (Fsp3) is 0.462. The summed E-state index contributed by atoms with van der Waals surface area (Å²) in [6, 6.07) is 1.61. The van der Waals surface area contributed by atoms with E-state index in [9.17, 15) is 4.48 Å². The van der Waals surface area contributed by atoms with E-state index in [2.05, 4.69) is 11.9 Å². The molecular formula is C13H18FN3. The van der Waals surface area contributed by atoms with Crippen LogP contribution in [0.25, 0.3) is 6.08 Å². The molecule has 1 aliphatic heterocycles. The first-order chi connectivity index (χ1) is 7.97. The maximum absolute atomic E-state index is 14.3. The summed E-state index contributed by atoms with van der Waals surface area (Å²) in [6.07, 6.45) is 5.25. The average Bonchev–Trinajstić information content (AvgIpc) is 2.23. The largest absolute Gasteiger partial charge is 0.395 e. The molecule has 0 radical (unpaired) electrons. The molecule has 3 nitrogen and oxygen atoms in total. The van der Waals surface area contributed by atoms with Crippen molar-refractivity contribution in [2.45, 2.75) is 33.6 Å². The number of rotatable bonds is 3. The number of pyridine rings is 1. The van der Waals surface area contributed by atoms with Crippen molar-refractivity contribution < 1.29 is 4.48 Å². The van der Waals surface area contributed by atoms with Gasteiger partial charge in [0.2, 0.25) is 0 Å². The third kappa shape index (κ3) is 1.88. The standard InChI is InChI=1S/C13H18FN3/c1-4-6-13(2,3)11-8-9-12(15)10(17(11)14)5-7-16-9/h5,7-8H,4,6,15H2,1-3H3. The zero-order valence-corrected chi connectivity index (χ0v) is 10.5. The number of halogens is 1. The zero-order valence-electron chi connectivity index (χ0n) is 10.5. The van der Waals surface area contributed by atoms with Crippen LogP contribution in [0.1, 0.15) is 39.3 Å². The number of anilines is 2. The van der Waals surface area contributed by atoms with Gasteiger partial charge in [0, 0.05) is 11.6 Å². The summed E-state index contributed by atoms with van der Waals surface area (Å²) in [5.41, 5.74) is 7.71. The summed E-state index contributed by atoms with van der Waals surface area (Å²) in [4.78, 5) is 4.17. The summed E-state index contributed by atoms with van der Waals surface area (Å²) in [6.45, 7) is 6.17. The van der Waals surface area contributed by atoms with Crippen LogP contribution >= 0.6 is 0 Å². The van der Waals surface area contributed by atoms with Gasteiger partial charge in [-0.15, -0.1) is 0 Å². The van der Waals surface area contributed by atoms with Crippen LogP contribution in [0.4, 0.5) is 15.9 Å². The molecule has 0 unspecified atom stereocenters. The van der Waals surface area contributed by atoms with Crippen molar-refractivity contribution in [2.75, 3.05) is 10.9 Å². The predicted octanol–water partition coefficient (Wildman–Crippen LogP) is 3.54. The highest BCUT2D eigenvalue weighted by molar-refractivity contribution is 5.82. The molecule has 2 rings (SSSR count). The normalized spacial score (nSPS) is 14.8. The molecule has 2 N–H and O–H groups in total. The Morgan fingerprint density at radius 2 is 2.18 bits per heavy atom.